The monoisotopic (exact) mass is 248 g/mol. The van der Waals surface area contributed by atoms with Crippen LogP contribution in [0.5, 0.6) is 0 Å². The van der Waals surface area contributed by atoms with Crippen LogP contribution in [0.2, 0.25) is 0 Å². The van der Waals surface area contributed by atoms with Gasteiger partial charge in [-0.2, -0.15) is 5.10 Å². The molecule has 3 heterocycles. The van der Waals surface area contributed by atoms with Crippen molar-refractivity contribution in [3.8, 4) is 0 Å². The van der Waals surface area contributed by atoms with Crippen LogP contribution in [-0.2, 0) is 4.74 Å². The summed E-state index contributed by atoms with van der Waals surface area (Å²) in [4.78, 5) is 0. The van der Waals surface area contributed by atoms with Crippen molar-refractivity contribution in [2.75, 3.05) is 25.0 Å². The molecule has 5 heteroatoms. The second kappa shape index (κ2) is 4.82. The maximum atomic E-state index is 6.02. The number of ether oxygens (including phenoxy) is 1. The Morgan fingerprint density at radius 1 is 1.44 bits per heavy atom. The van der Waals surface area contributed by atoms with Crippen LogP contribution in [0.1, 0.15) is 25.0 Å². The Balaban J connectivity index is 1.60. The van der Waals surface area contributed by atoms with Crippen LogP contribution in [0.25, 0.3) is 0 Å². The molecule has 1 spiro atoms. The molecule has 0 aliphatic carbocycles. The van der Waals surface area contributed by atoms with E-state index in [1.807, 2.05) is 19.1 Å². The molecular weight excluding hydrogens is 228 g/mol. The summed E-state index contributed by atoms with van der Waals surface area (Å²) in [7, 11) is 0. The van der Waals surface area contributed by atoms with Crippen molar-refractivity contribution in [1.29, 1.82) is 0 Å². The van der Waals surface area contributed by atoms with Gasteiger partial charge in [0.1, 0.15) is 5.82 Å². The minimum atomic E-state index is 0.0496. The Hall–Kier alpha value is -1.20. The van der Waals surface area contributed by atoms with Gasteiger partial charge in [-0.1, -0.05) is 0 Å². The van der Waals surface area contributed by atoms with Crippen LogP contribution < -0.4 is 10.6 Å². The highest BCUT2D eigenvalue weighted by Crippen LogP contribution is 2.32. The first-order valence-electron chi connectivity index (χ1n) is 6.67. The smallest absolute Gasteiger partial charge is 0.148 e. The molecule has 0 amide bonds. The van der Waals surface area contributed by atoms with Crippen LogP contribution in [0.3, 0.4) is 0 Å². The van der Waals surface area contributed by atoms with Gasteiger partial charge in [0.25, 0.3) is 0 Å². The van der Waals surface area contributed by atoms with Crippen LogP contribution >= 0.6 is 0 Å². The van der Waals surface area contributed by atoms with Crippen LogP contribution in [-0.4, -0.2) is 41.5 Å². The zero-order valence-corrected chi connectivity index (χ0v) is 10.8. The number of piperidine rings is 1. The number of aromatic nitrogens is 2. The predicted molar refractivity (Wildman–Crippen MR) is 69.6 cm³/mol. The lowest BCUT2D eigenvalue weighted by atomic mass is 9.90. The number of nitrogens with zero attached hydrogens (tertiary/aromatic N) is 2. The minimum absolute atomic E-state index is 0.0496. The van der Waals surface area contributed by atoms with Crippen LogP contribution in [0, 0.1) is 6.92 Å². The third kappa shape index (κ3) is 2.47. The van der Waals surface area contributed by atoms with Crippen LogP contribution in [0.4, 0.5) is 5.82 Å². The average Bonchev–Trinajstić information content (AvgIpc) is 2.76. The predicted octanol–water partition coefficient (Wildman–Crippen LogP) is 1.11. The number of nitrogens with one attached hydrogen (secondary N) is 2. The van der Waals surface area contributed by atoms with Gasteiger partial charge in [-0.05, 0) is 38.4 Å². The fourth-order valence-electron chi connectivity index (χ4n) is 2.86. The van der Waals surface area contributed by atoms with Gasteiger partial charge in [0.05, 0.1) is 23.9 Å². The standard InChI is InChI=1S/C13H20N4O/c1-10-3-4-12(17-16-10)15-11-7-13(18-8-11)5-2-6-14-9-13/h3-4,11,14H,2,5-9H2,1H3,(H,15,17)/t11-,13-/m0/s1. The van der Waals surface area contributed by atoms with E-state index < -0.39 is 0 Å². The maximum Gasteiger partial charge on any atom is 0.148 e. The first-order chi connectivity index (χ1) is 8.76. The molecule has 2 atom stereocenters. The SMILES string of the molecule is Cc1ccc(N[C@@H]2CO[C@@]3(CCCNC3)C2)nn1. The van der Waals surface area contributed by atoms with E-state index in [1.54, 1.807) is 0 Å². The number of rotatable bonds is 2. The van der Waals surface area contributed by atoms with E-state index in [0.29, 0.717) is 6.04 Å². The van der Waals surface area contributed by atoms with E-state index in [9.17, 15) is 0 Å². The number of hydrogen-bond donors (Lipinski definition) is 2. The Morgan fingerprint density at radius 2 is 2.39 bits per heavy atom. The Kier molecular flexibility index (Phi) is 3.18. The number of hydrogen-bond acceptors (Lipinski definition) is 5. The summed E-state index contributed by atoms with van der Waals surface area (Å²) >= 11 is 0. The molecule has 0 radical (unpaired) electrons. The summed E-state index contributed by atoms with van der Waals surface area (Å²) in [6.45, 7) is 4.80. The van der Waals surface area contributed by atoms with Crippen molar-refractivity contribution in [2.45, 2.75) is 37.8 Å². The molecular formula is C13H20N4O. The zero-order chi connectivity index (χ0) is 12.4. The second-order valence-electron chi connectivity index (χ2n) is 5.38. The van der Waals surface area contributed by atoms with Gasteiger partial charge in [0.15, 0.2) is 0 Å². The van der Waals surface area contributed by atoms with Gasteiger partial charge < -0.3 is 15.4 Å². The van der Waals surface area contributed by atoms with Gasteiger partial charge in [0.2, 0.25) is 0 Å². The molecule has 0 saturated carbocycles. The topological polar surface area (TPSA) is 59.1 Å². The first-order valence-corrected chi connectivity index (χ1v) is 6.67. The largest absolute Gasteiger partial charge is 0.371 e. The molecule has 1 aromatic rings. The Bertz CT molecular complexity index is 400. The van der Waals surface area contributed by atoms with Gasteiger partial charge >= 0.3 is 0 Å². The second-order valence-corrected chi connectivity index (χ2v) is 5.38. The van der Waals surface area contributed by atoms with Crippen molar-refractivity contribution in [3.63, 3.8) is 0 Å². The summed E-state index contributed by atoms with van der Waals surface area (Å²) in [6.07, 6.45) is 3.42. The quantitative estimate of drug-likeness (QED) is 0.821. The Morgan fingerprint density at radius 3 is 3.11 bits per heavy atom. The molecule has 2 aliphatic heterocycles. The lowest BCUT2D eigenvalue weighted by Crippen LogP contribution is -2.45. The lowest BCUT2D eigenvalue weighted by molar-refractivity contribution is -0.0138. The highest BCUT2D eigenvalue weighted by molar-refractivity contribution is 5.34. The van der Waals surface area contributed by atoms with E-state index in [2.05, 4.69) is 20.8 Å². The molecule has 2 N–H and O–H groups in total. The molecule has 18 heavy (non-hydrogen) atoms. The average molecular weight is 248 g/mol. The third-order valence-electron chi connectivity index (χ3n) is 3.79. The van der Waals surface area contributed by atoms with Gasteiger partial charge in [-0.25, -0.2) is 0 Å². The van der Waals surface area contributed by atoms with Crippen LogP contribution in [0.15, 0.2) is 12.1 Å². The van der Waals surface area contributed by atoms with Crippen molar-refractivity contribution in [1.82, 2.24) is 15.5 Å². The lowest BCUT2D eigenvalue weighted by Gasteiger charge is -2.33. The summed E-state index contributed by atoms with van der Waals surface area (Å²) < 4.78 is 6.02. The molecule has 2 saturated heterocycles. The summed E-state index contributed by atoms with van der Waals surface area (Å²) in [5.74, 6) is 0.843. The van der Waals surface area contributed by atoms with Crippen molar-refractivity contribution in [2.24, 2.45) is 0 Å². The van der Waals surface area contributed by atoms with Gasteiger partial charge in [-0.15, -0.1) is 5.10 Å². The fraction of sp³-hybridized carbons (Fsp3) is 0.692. The molecule has 98 valence electrons. The molecule has 2 aliphatic rings. The molecule has 5 nitrogen and oxygen atoms in total. The first kappa shape index (κ1) is 11.9. The molecule has 0 bridgehead atoms. The number of aryl methyl sites for hydroxylation is 1. The molecule has 2 fully saturated rings. The van der Waals surface area contributed by atoms with E-state index in [0.717, 1.165) is 44.0 Å². The summed E-state index contributed by atoms with van der Waals surface area (Å²) in [6, 6.07) is 4.30. The van der Waals surface area contributed by atoms with Crippen molar-refractivity contribution in [3.05, 3.63) is 17.8 Å². The van der Waals surface area contributed by atoms with Crippen molar-refractivity contribution < 1.29 is 4.74 Å². The van der Waals surface area contributed by atoms with E-state index >= 15 is 0 Å². The summed E-state index contributed by atoms with van der Waals surface area (Å²) in [5.41, 5.74) is 0.991. The summed E-state index contributed by atoms with van der Waals surface area (Å²) in [5, 5.41) is 15.0. The third-order valence-corrected chi connectivity index (χ3v) is 3.79. The molecule has 0 aromatic carbocycles. The molecule has 3 rings (SSSR count). The fourth-order valence-corrected chi connectivity index (χ4v) is 2.86. The van der Waals surface area contributed by atoms with Gasteiger partial charge in [-0.3, -0.25) is 0 Å². The van der Waals surface area contributed by atoms with E-state index in [-0.39, 0.29) is 5.60 Å². The highest BCUT2D eigenvalue weighted by atomic mass is 16.5. The van der Waals surface area contributed by atoms with Crippen molar-refractivity contribution >= 4 is 5.82 Å². The minimum Gasteiger partial charge on any atom is -0.371 e. The zero-order valence-electron chi connectivity index (χ0n) is 10.8. The molecule has 1 aromatic heterocycles. The molecule has 0 unspecified atom stereocenters. The van der Waals surface area contributed by atoms with E-state index in [4.69, 9.17) is 4.74 Å². The normalized spacial score (nSPS) is 31.7. The number of anilines is 1. The maximum absolute atomic E-state index is 6.02. The van der Waals surface area contributed by atoms with E-state index in [1.165, 1.54) is 6.42 Å². The van der Waals surface area contributed by atoms with Gasteiger partial charge in [0, 0.05) is 13.0 Å². The highest BCUT2D eigenvalue weighted by Gasteiger charge is 2.41. The Labute approximate surface area is 107 Å².